The highest BCUT2D eigenvalue weighted by molar-refractivity contribution is 5.96. The van der Waals surface area contributed by atoms with Gasteiger partial charge in [-0.3, -0.25) is 14.4 Å². The number of rotatable bonds is 4. The third-order valence-corrected chi connectivity index (χ3v) is 14.4. The number of hydrogen-bond acceptors (Lipinski definition) is 5. The van der Waals surface area contributed by atoms with Gasteiger partial charge in [-0.15, -0.1) is 0 Å². The molecule has 42 heavy (non-hydrogen) atoms. The van der Waals surface area contributed by atoms with Crippen LogP contribution in [0.2, 0.25) is 0 Å². The molecule has 0 aromatic heterocycles. The third-order valence-electron chi connectivity index (χ3n) is 14.4. The van der Waals surface area contributed by atoms with E-state index in [4.69, 9.17) is 4.74 Å². The van der Waals surface area contributed by atoms with Crippen LogP contribution in [-0.4, -0.2) is 41.9 Å². The van der Waals surface area contributed by atoms with E-state index in [0.29, 0.717) is 19.3 Å². The number of ketones is 1. The Labute approximate surface area is 252 Å². The zero-order valence-corrected chi connectivity index (χ0v) is 27.3. The van der Waals surface area contributed by atoms with E-state index in [1.807, 2.05) is 13.0 Å². The highest BCUT2D eigenvalue weighted by atomic mass is 16.5. The highest BCUT2D eigenvalue weighted by Gasteiger charge is 2.70. The summed E-state index contributed by atoms with van der Waals surface area (Å²) in [5.74, 6) is -1.18. The maximum Gasteiger partial charge on any atom is 0.328 e. The van der Waals surface area contributed by atoms with Crippen molar-refractivity contribution in [3.8, 4) is 0 Å². The number of carbonyl (C=O) groups excluding carboxylic acids is 3. The number of esters is 1. The van der Waals surface area contributed by atoms with Crippen LogP contribution in [0.3, 0.4) is 0 Å². The molecule has 0 aromatic carbocycles. The molecule has 4 fully saturated rings. The van der Waals surface area contributed by atoms with Gasteiger partial charge in [0.05, 0.1) is 12.5 Å². The first-order valence-electron chi connectivity index (χ1n) is 16.2. The Morgan fingerprint density at radius 3 is 2.21 bits per heavy atom. The van der Waals surface area contributed by atoms with E-state index in [9.17, 15) is 24.3 Å². The molecule has 5 aliphatic carbocycles. The van der Waals surface area contributed by atoms with Crippen molar-refractivity contribution in [1.29, 1.82) is 0 Å². The molecule has 2 N–H and O–H groups in total. The molecule has 0 heterocycles. The van der Waals surface area contributed by atoms with E-state index in [-0.39, 0.29) is 62.4 Å². The predicted octanol–water partition coefficient (Wildman–Crippen LogP) is 6.35. The van der Waals surface area contributed by atoms with Crippen LogP contribution in [0.5, 0.6) is 0 Å². The summed E-state index contributed by atoms with van der Waals surface area (Å²) in [6, 6.07) is -0.704. The number of ether oxygens (including phenoxy) is 1. The standard InChI is InChI=1S/C35H53NO6/c1-20(28(39)42-9)36-27(38)21-10-12-33(6)25(30(21,2)3)11-13-35(8)26(33)24(37)18-22-23-19-32(5,29(40)41)15-14-31(23,4)16-17-34(22,35)7/h18,20-21,23,25-26H,10-17,19H2,1-9H3,(H,36,38)(H,40,41)/t20?,21-,23+,25+,26-,31-,32+,33+,34-,35-/m1/s1. The lowest BCUT2D eigenvalue weighted by Gasteiger charge is -2.70. The summed E-state index contributed by atoms with van der Waals surface area (Å²) in [5, 5.41) is 13.0. The minimum absolute atomic E-state index is 0.0274. The maximum absolute atomic E-state index is 14.5. The Hall–Kier alpha value is -2.18. The molecule has 5 aliphatic rings. The summed E-state index contributed by atoms with van der Waals surface area (Å²) in [6.07, 6.45) is 9.55. The van der Waals surface area contributed by atoms with E-state index in [2.05, 4.69) is 46.9 Å². The van der Waals surface area contributed by atoms with Crippen LogP contribution in [-0.2, 0) is 23.9 Å². The number of fused-ring (bicyclic) bond motifs is 7. The Morgan fingerprint density at radius 2 is 1.60 bits per heavy atom. The Morgan fingerprint density at radius 1 is 0.952 bits per heavy atom. The van der Waals surface area contributed by atoms with Crippen molar-refractivity contribution in [2.75, 3.05) is 7.11 Å². The fourth-order valence-electron chi connectivity index (χ4n) is 11.4. The average Bonchev–Trinajstić information content (AvgIpc) is 2.89. The molecule has 4 saturated carbocycles. The van der Waals surface area contributed by atoms with Crippen LogP contribution in [0.4, 0.5) is 0 Å². The lowest BCUT2D eigenvalue weighted by Crippen LogP contribution is -2.66. The molecule has 7 heteroatoms. The van der Waals surface area contributed by atoms with E-state index in [0.717, 1.165) is 38.5 Å². The van der Waals surface area contributed by atoms with Gasteiger partial charge in [0, 0.05) is 11.8 Å². The number of hydrogen-bond donors (Lipinski definition) is 2. The van der Waals surface area contributed by atoms with Gasteiger partial charge in [-0.25, -0.2) is 4.79 Å². The van der Waals surface area contributed by atoms with Crippen molar-refractivity contribution in [2.45, 2.75) is 119 Å². The first-order valence-corrected chi connectivity index (χ1v) is 16.2. The fourth-order valence-corrected chi connectivity index (χ4v) is 11.4. The number of allylic oxidation sites excluding steroid dienone is 2. The SMILES string of the molecule is COC(=O)C(C)NC(=O)[C@H]1CC[C@]2(C)[C@H]3C(=O)C=C4[C@@H]5C[C@@](C)(C(=O)O)CC[C@]5(C)CC[C@@]4(C)[C@]3(C)CC[C@H]2C1(C)C. The van der Waals surface area contributed by atoms with Gasteiger partial charge in [-0.05, 0) is 117 Å². The van der Waals surface area contributed by atoms with E-state index < -0.39 is 23.4 Å². The van der Waals surface area contributed by atoms with Crippen LogP contribution in [0.25, 0.3) is 0 Å². The van der Waals surface area contributed by atoms with Gasteiger partial charge < -0.3 is 15.2 Å². The van der Waals surface area contributed by atoms with Crippen LogP contribution in [0.1, 0.15) is 113 Å². The molecular weight excluding hydrogens is 530 g/mol. The molecule has 234 valence electrons. The predicted molar refractivity (Wildman–Crippen MR) is 160 cm³/mol. The summed E-state index contributed by atoms with van der Waals surface area (Å²) in [7, 11) is 1.33. The van der Waals surface area contributed by atoms with Crippen molar-refractivity contribution < 1.29 is 29.0 Å². The van der Waals surface area contributed by atoms with Crippen LogP contribution in [0, 0.1) is 56.2 Å². The molecule has 0 radical (unpaired) electrons. The van der Waals surface area contributed by atoms with Crippen LogP contribution < -0.4 is 5.32 Å². The number of carboxylic acids is 1. The molecule has 1 unspecified atom stereocenters. The second kappa shape index (κ2) is 9.66. The highest BCUT2D eigenvalue weighted by Crippen LogP contribution is 2.75. The zero-order valence-electron chi connectivity index (χ0n) is 27.3. The summed E-state index contributed by atoms with van der Waals surface area (Å²) in [5.41, 5.74) is -0.527. The van der Waals surface area contributed by atoms with Crippen molar-refractivity contribution >= 4 is 23.6 Å². The van der Waals surface area contributed by atoms with Gasteiger partial charge >= 0.3 is 11.9 Å². The minimum atomic E-state index is -0.762. The van der Waals surface area contributed by atoms with Gasteiger partial charge in [0.15, 0.2) is 5.78 Å². The summed E-state index contributed by atoms with van der Waals surface area (Å²) in [6.45, 7) is 17.3. The molecule has 0 bridgehead atoms. The number of carbonyl (C=O) groups is 4. The third kappa shape index (κ3) is 4.10. The molecule has 0 aromatic rings. The summed E-state index contributed by atoms with van der Waals surface area (Å²) in [4.78, 5) is 52.4. The van der Waals surface area contributed by atoms with Gasteiger partial charge in [0.25, 0.3) is 0 Å². The normalized spacial score (nSPS) is 46.5. The summed E-state index contributed by atoms with van der Waals surface area (Å²) >= 11 is 0. The van der Waals surface area contributed by atoms with Crippen LogP contribution in [0.15, 0.2) is 11.6 Å². The van der Waals surface area contributed by atoms with Crippen molar-refractivity contribution in [2.24, 2.45) is 56.2 Å². The maximum atomic E-state index is 14.5. The largest absolute Gasteiger partial charge is 0.481 e. The molecule has 7 nitrogen and oxygen atoms in total. The zero-order chi connectivity index (χ0) is 31.3. The smallest absolute Gasteiger partial charge is 0.328 e. The Bertz CT molecular complexity index is 1240. The number of amides is 1. The van der Waals surface area contributed by atoms with Gasteiger partial charge in [-0.2, -0.15) is 0 Å². The monoisotopic (exact) mass is 583 g/mol. The molecule has 0 saturated heterocycles. The van der Waals surface area contributed by atoms with Crippen LogP contribution >= 0.6 is 0 Å². The fraction of sp³-hybridized carbons (Fsp3) is 0.829. The molecular formula is C35H53NO6. The van der Waals surface area contributed by atoms with E-state index in [1.165, 1.54) is 12.7 Å². The summed E-state index contributed by atoms with van der Waals surface area (Å²) < 4.78 is 4.83. The number of nitrogens with one attached hydrogen (secondary N) is 1. The number of aliphatic carboxylic acids is 1. The van der Waals surface area contributed by atoms with Crippen molar-refractivity contribution in [3.05, 3.63) is 11.6 Å². The van der Waals surface area contributed by atoms with E-state index >= 15 is 0 Å². The average molecular weight is 584 g/mol. The van der Waals surface area contributed by atoms with Gasteiger partial charge in [0.1, 0.15) is 6.04 Å². The van der Waals surface area contributed by atoms with Gasteiger partial charge in [-0.1, -0.05) is 47.1 Å². The Kier molecular flexibility index (Phi) is 7.19. The molecule has 5 rings (SSSR count). The lowest BCUT2D eigenvalue weighted by atomic mass is 9.33. The Balaban J connectivity index is 1.50. The quantitative estimate of drug-likeness (QED) is 0.374. The van der Waals surface area contributed by atoms with Crippen molar-refractivity contribution in [1.82, 2.24) is 5.32 Å². The first kappa shape index (κ1) is 31.3. The second-order valence-electron chi connectivity index (χ2n) is 16.7. The molecule has 10 atom stereocenters. The van der Waals surface area contributed by atoms with E-state index in [1.54, 1.807) is 6.92 Å². The molecule has 0 spiro atoms. The molecule has 0 aliphatic heterocycles. The number of methoxy groups -OCH3 is 1. The van der Waals surface area contributed by atoms with Gasteiger partial charge in [0.2, 0.25) is 5.91 Å². The van der Waals surface area contributed by atoms with Crippen molar-refractivity contribution in [3.63, 3.8) is 0 Å². The number of carboxylic acid groups (broad SMARTS) is 1. The topological polar surface area (TPSA) is 110 Å². The minimum Gasteiger partial charge on any atom is -0.481 e. The first-order chi connectivity index (χ1) is 19.3. The second-order valence-corrected chi connectivity index (χ2v) is 16.7. The lowest BCUT2D eigenvalue weighted by molar-refractivity contribution is -0.195. The molecule has 1 amide bonds.